The lowest BCUT2D eigenvalue weighted by molar-refractivity contribution is -0.268. The number of pyridine rings is 1. The molecule has 2 aromatic carbocycles. The number of esters is 1. The Morgan fingerprint density at radius 2 is 1.83 bits per heavy atom. The summed E-state index contributed by atoms with van der Waals surface area (Å²) in [4.78, 5) is 39.7. The highest BCUT2D eigenvalue weighted by Crippen LogP contribution is 2.43. The van der Waals surface area contributed by atoms with Crippen LogP contribution < -0.4 is 5.32 Å². The van der Waals surface area contributed by atoms with Gasteiger partial charge in [-0.2, -0.15) is 0 Å². The van der Waals surface area contributed by atoms with Gasteiger partial charge in [0, 0.05) is 36.0 Å². The summed E-state index contributed by atoms with van der Waals surface area (Å²) in [6, 6.07) is 17.6. The molecule has 10 nitrogen and oxygen atoms in total. The van der Waals surface area contributed by atoms with Crippen LogP contribution in [0, 0.1) is 5.92 Å². The fourth-order valence-electron chi connectivity index (χ4n) is 4.45. The van der Waals surface area contributed by atoms with E-state index in [1.807, 2.05) is 37.3 Å². The average molecular weight is 581 g/mol. The summed E-state index contributed by atoms with van der Waals surface area (Å²) >= 11 is 1.30. The zero-order chi connectivity index (χ0) is 29.5. The first-order valence-corrected chi connectivity index (χ1v) is 14.0. The highest BCUT2D eigenvalue weighted by molar-refractivity contribution is 7.99. The van der Waals surface area contributed by atoms with Crippen molar-refractivity contribution >= 4 is 35.3 Å². The van der Waals surface area contributed by atoms with Gasteiger partial charge in [-0.15, -0.1) is 11.8 Å². The van der Waals surface area contributed by atoms with Gasteiger partial charge in [0.05, 0.1) is 24.4 Å². The van der Waals surface area contributed by atoms with Crippen LogP contribution in [-0.2, 0) is 30.4 Å². The Morgan fingerprint density at radius 1 is 1.07 bits per heavy atom. The summed E-state index contributed by atoms with van der Waals surface area (Å²) in [6.07, 6.45) is -0.942. The monoisotopic (exact) mass is 580 g/mol. The number of anilines is 1. The summed E-state index contributed by atoms with van der Waals surface area (Å²) in [5.41, 5.74) is 2.94. The van der Waals surface area contributed by atoms with Gasteiger partial charge in [0.2, 0.25) is 0 Å². The number of carboxylic acids is 1. The summed E-state index contributed by atoms with van der Waals surface area (Å²) in [6.45, 7) is 4.66. The first kappa shape index (κ1) is 30.2. The van der Waals surface area contributed by atoms with Crippen molar-refractivity contribution in [2.75, 3.05) is 11.1 Å². The topological polar surface area (TPSA) is 144 Å². The molecule has 4 rings (SSSR count). The van der Waals surface area contributed by atoms with Gasteiger partial charge in [-0.25, -0.2) is 9.78 Å². The zero-order valence-electron chi connectivity index (χ0n) is 22.9. The van der Waals surface area contributed by atoms with E-state index < -0.39 is 30.2 Å². The maximum atomic E-state index is 12.5. The van der Waals surface area contributed by atoms with Gasteiger partial charge >= 0.3 is 11.9 Å². The van der Waals surface area contributed by atoms with Crippen LogP contribution in [0.5, 0.6) is 0 Å². The van der Waals surface area contributed by atoms with E-state index in [0.717, 1.165) is 11.1 Å². The largest absolute Gasteiger partial charge is 0.478 e. The normalized spacial score (nSPS) is 21.1. The number of aromatic carboxylic acids is 1. The number of thioether (sulfide) groups is 1. The zero-order valence-corrected chi connectivity index (χ0v) is 23.7. The average Bonchev–Trinajstić information content (AvgIpc) is 2.96. The third-order valence-electron chi connectivity index (χ3n) is 6.65. The fraction of sp³-hybridized carbons (Fsp3) is 0.333. The predicted molar refractivity (Wildman–Crippen MR) is 151 cm³/mol. The number of carboxylic acid groups (broad SMARTS) is 1. The molecule has 5 unspecified atom stereocenters. The summed E-state index contributed by atoms with van der Waals surface area (Å²) in [7, 11) is 0. The number of hydrogen-bond acceptors (Lipinski definition) is 9. The van der Waals surface area contributed by atoms with Crippen molar-refractivity contribution in [3.63, 3.8) is 0 Å². The van der Waals surface area contributed by atoms with Crippen LogP contribution in [0.4, 0.5) is 5.69 Å². The van der Waals surface area contributed by atoms with Gasteiger partial charge in [-0.3, -0.25) is 9.59 Å². The first-order chi connectivity index (χ1) is 19.7. The number of aromatic nitrogens is 1. The van der Waals surface area contributed by atoms with Crippen LogP contribution in [0.1, 0.15) is 60.2 Å². The van der Waals surface area contributed by atoms with Gasteiger partial charge in [-0.1, -0.05) is 43.3 Å². The molecular formula is C30H32N2O8S. The number of nitrogens with one attached hydrogen (secondary N) is 1. The van der Waals surface area contributed by atoms with Crippen LogP contribution in [0.15, 0.2) is 71.9 Å². The van der Waals surface area contributed by atoms with Crippen molar-refractivity contribution in [1.82, 2.24) is 4.98 Å². The second-order valence-electron chi connectivity index (χ2n) is 9.66. The molecule has 5 atom stereocenters. The molecule has 41 heavy (non-hydrogen) atoms. The number of aliphatic hydroxyl groups excluding tert-OH is 1. The minimum absolute atomic E-state index is 0.0725. The maximum Gasteiger partial charge on any atom is 0.338 e. The number of carbonyl (C=O) groups excluding carboxylic acids is 2. The standard InChI is InChI=1S/C30H32N2O8S/c1-17-25(16-41-28-24(29(36)37)8-5-13-31-28)39-30(40-26(17)21-11-9-20(15-33)10-12-21)22-6-4-7-23(14-22)32-27(35)18(2)38-19(3)34/h4-14,17-18,25-26,30,33H,15-16H2,1-3H3,(H,32,35)(H,36,37). The van der Waals surface area contributed by atoms with Gasteiger partial charge in [-0.05, 0) is 42.3 Å². The summed E-state index contributed by atoms with van der Waals surface area (Å²) < 4.78 is 17.8. The Morgan fingerprint density at radius 3 is 2.51 bits per heavy atom. The van der Waals surface area contributed by atoms with Crippen molar-refractivity contribution in [3.05, 3.63) is 89.1 Å². The van der Waals surface area contributed by atoms with E-state index in [1.165, 1.54) is 31.7 Å². The quantitative estimate of drug-likeness (QED) is 0.227. The molecule has 2 heterocycles. The molecule has 1 fully saturated rings. The lowest BCUT2D eigenvalue weighted by atomic mass is 9.91. The van der Waals surface area contributed by atoms with Crippen molar-refractivity contribution in [2.24, 2.45) is 5.92 Å². The first-order valence-electron chi connectivity index (χ1n) is 13.1. The fourth-order valence-corrected chi connectivity index (χ4v) is 5.60. The van der Waals surface area contributed by atoms with E-state index in [0.29, 0.717) is 22.0 Å². The molecule has 216 valence electrons. The molecule has 1 aliphatic heterocycles. The van der Waals surface area contributed by atoms with Gasteiger partial charge in [0.1, 0.15) is 5.03 Å². The van der Waals surface area contributed by atoms with E-state index in [4.69, 9.17) is 14.2 Å². The highest BCUT2D eigenvalue weighted by atomic mass is 32.2. The minimum Gasteiger partial charge on any atom is -0.478 e. The smallest absolute Gasteiger partial charge is 0.338 e. The van der Waals surface area contributed by atoms with Crippen molar-refractivity contribution in [3.8, 4) is 0 Å². The lowest BCUT2D eigenvalue weighted by Crippen LogP contribution is -2.38. The molecule has 0 spiro atoms. The molecule has 3 aromatic rings. The van der Waals surface area contributed by atoms with Crippen LogP contribution >= 0.6 is 11.8 Å². The van der Waals surface area contributed by atoms with E-state index >= 15 is 0 Å². The van der Waals surface area contributed by atoms with Crippen LogP contribution in [0.25, 0.3) is 0 Å². The number of carbonyl (C=O) groups is 3. The molecule has 1 amide bonds. The van der Waals surface area contributed by atoms with E-state index in [9.17, 15) is 24.6 Å². The molecule has 1 aromatic heterocycles. The van der Waals surface area contributed by atoms with Crippen LogP contribution in [0.3, 0.4) is 0 Å². The molecule has 0 radical (unpaired) electrons. The van der Waals surface area contributed by atoms with Gasteiger partial charge in [0.15, 0.2) is 12.4 Å². The molecule has 11 heteroatoms. The van der Waals surface area contributed by atoms with E-state index in [1.54, 1.807) is 30.5 Å². The lowest BCUT2D eigenvalue weighted by Gasteiger charge is -2.41. The summed E-state index contributed by atoms with van der Waals surface area (Å²) in [5, 5.41) is 22.2. The number of ether oxygens (including phenoxy) is 3. The van der Waals surface area contributed by atoms with Crippen LogP contribution in [0.2, 0.25) is 0 Å². The molecule has 0 bridgehead atoms. The molecule has 1 aliphatic rings. The molecular weight excluding hydrogens is 548 g/mol. The van der Waals surface area contributed by atoms with Crippen LogP contribution in [-0.4, -0.2) is 51.0 Å². The van der Waals surface area contributed by atoms with Gasteiger partial charge < -0.3 is 29.7 Å². The predicted octanol–water partition coefficient (Wildman–Crippen LogP) is 4.75. The van der Waals surface area contributed by atoms with E-state index in [-0.39, 0.29) is 30.3 Å². The summed E-state index contributed by atoms with van der Waals surface area (Å²) in [5.74, 6) is -1.79. The van der Waals surface area contributed by atoms with Crippen molar-refractivity contribution in [1.29, 1.82) is 0 Å². The second kappa shape index (κ2) is 13.7. The maximum absolute atomic E-state index is 12.5. The van der Waals surface area contributed by atoms with Crippen molar-refractivity contribution < 1.29 is 38.8 Å². The number of nitrogens with zero attached hydrogens (tertiary/aromatic N) is 1. The second-order valence-corrected chi connectivity index (χ2v) is 10.7. The van der Waals surface area contributed by atoms with Crippen molar-refractivity contribution in [2.45, 2.75) is 57.0 Å². The van der Waals surface area contributed by atoms with E-state index in [2.05, 4.69) is 10.3 Å². The Kier molecular flexibility index (Phi) is 10.1. The highest BCUT2D eigenvalue weighted by Gasteiger charge is 2.38. The Labute approximate surface area is 242 Å². The Balaban J connectivity index is 1.59. The molecule has 3 N–H and O–H groups in total. The number of benzene rings is 2. The number of hydrogen-bond donors (Lipinski definition) is 3. The third kappa shape index (κ3) is 7.70. The number of rotatable bonds is 10. The number of aliphatic hydroxyl groups is 1. The Hall–Kier alpha value is -3.77. The molecule has 0 saturated carbocycles. The number of amides is 1. The molecule has 0 aliphatic carbocycles. The minimum atomic E-state index is -1.05. The third-order valence-corrected chi connectivity index (χ3v) is 7.74. The Bertz CT molecular complexity index is 1380. The van der Waals surface area contributed by atoms with Gasteiger partial charge in [0.25, 0.3) is 5.91 Å². The SMILES string of the molecule is CC(=O)OC(C)C(=O)Nc1cccc(C2OC(CSc3ncccc3C(=O)O)C(C)C(c3ccc(CO)cc3)O2)c1. The molecule has 1 saturated heterocycles.